The average Bonchev–Trinajstić information content (AvgIpc) is 2.68. The van der Waals surface area contributed by atoms with Crippen molar-refractivity contribution in [2.45, 2.75) is 10.6 Å². The van der Waals surface area contributed by atoms with Gasteiger partial charge in [-0.25, -0.2) is 8.42 Å². The molecule has 0 amide bonds. The molecule has 98 valence electrons. The molecule has 1 saturated heterocycles. The molecule has 2 aliphatic rings. The zero-order valence-electron chi connectivity index (χ0n) is 9.83. The second kappa shape index (κ2) is 4.64. The maximum Gasteiger partial charge on any atom is 0.188 e. The lowest BCUT2D eigenvalue weighted by Gasteiger charge is -2.23. The summed E-state index contributed by atoms with van der Waals surface area (Å²) in [4.78, 5) is 0. The van der Waals surface area contributed by atoms with Gasteiger partial charge >= 0.3 is 0 Å². The molecule has 18 heavy (non-hydrogen) atoms. The molecule has 7 heteroatoms. The van der Waals surface area contributed by atoms with E-state index < -0.39 is 9.84 Å². The molecule has 0 radical (unpaired) electrons. The van der Waals surface area contributed by atoms with Crippen LogP contribution >= 0.6 is 11.3 Å². The Labute approximate surface area is 110 Å². The summed E-state index contributed by atoms with van der Waals surface area (Å²) in [6, 6.07) is 1.90. The van der Waals surface area contributed by atoms with E-state index in [0.29, 0.717) is 23.8 Å². The van der Waals surface area contributed by atoms with Crippen molar-refractivity contribution in [2.24, 2.45) is 5.10 Å². The molecule has 5 nitrogen and oxygen atoms in total. The summed E-state index contributed by atoms with van der Waals surface area (Å²) in [5, 5.41) is 9.11. The first kappa shape index (κ1) is 12.1. The van der Waals surface area contributed by atoms with Crippen LogP contribution in [0.2, 0.25) is 0 Å². The van der Waals surface area contributed by atoms with E-state index in [-0.39, 0.29) is 5.75 Å². The summed E-state index contributed by atoms with van der Waals surface area (Å²) < 4.78 is 29.4. The lowest BCUT2D eigenvalue weighted by molar-refractivity contribution is 0.0370. The summed E-state index contributed by atoms with van der Waals surface area (Å²) in [6.45, 7) is 2.89. The molecule has 0 N–H and O–H groups in total. The largest absolute Gasteiger partial charge is 0.378 e. The van der Waals surface area contributed by atoms with Gasteiger partial charge in [0.1, 0.15) is 4.21 Å². The molecule has 1 fully saturated rings. The third-order valence-electron chi connectivity index (χ3n) is 3.10. The molecule has 3 heterocycles. The number of fused-ring (bicyclic) bond motifs is 1. The van der Waals surface area contributed by atoms with Crippen LogP contribution < -0.4 is 5.36 Å². The van der Waals surface area contributed by atoms with E-state index >= 15 is 0 Å². The van der Waals surface area contributed by atoms with Crippen LogP contribution in [0.1, 0.15) is 5.56 Å². The van der Waals surface area contributed by atoms with Crippen molar-refractivity contribution in [3.8, 4) is 0 Å². The Hall–Kier alpha value is -0.920. The SMILES string of the molecule is O=S1(=O)CCc2c1scc/c2=N\N1CCOCC1. The van der Waals surface area contributed by atoms with Gasteiger partial charge in [0, 0.05) is 5.56 Å². The monoisotopic (exact) mass is 286 g/mol. The Morgan fingerprint density at radius 1 is 1.33 bits per heavy atom. The third kappa shape index (κ3) is 2.17. The highest BCUT2D eigenvalue weighted by atomic mass is 32.2. The van der Waals surface area contributed by atoms with Gasteiger partial charge in [0.25, 0.3) is 0 Å². The van der Waals surface area contributed by atoms with Gasteiger partial charge in [-0.3, -0.25) is 5.01 Å². The minimum atomic E-state index is -3.05. The van der Waals surface area contributed by atoms with Crippen molar-refractivity contribution in [2.75, 3.05) is 32.1 Å². The lowest BCUT2D eigenvalue weighted by atomic mass is 10.2. The van der Waals surface area contributed by atoms with E-state index in [1.807, 2.05) is 11.1 Å². The number of rotatable bonds is 1. The molecule has 1 aromatic rings. The smallest absolute Gasteiger partial charge is 0.188 e. The molecule has 0 spiro atoms. The molecule has 3 rings (SSSR count). The molecular formula is C11H14N2O3S2. The fourth-order valence-electron chi connectivity index (χ4n) is 2.16. The second-order valence-corrected chi connectivity index (χ2v) is 7.53. The van der Waals surface area contributed by atoms with Gasteiger partial charge in [-0.15, -0.1) is 11.3 Å². The Kier molecular flexibility index (Phi) is 3.13. The van der Waals surface area contributed by atoms with Crippen molar-refractivity contribution in [3.63, 3.8) is 0 Å². The van der Waals surface area contributed by atoms with Gasteiger partial charge in [-0.1, -0.05) is 0 Å². The zero-order valence-corrected chi connectivity index (χ0v) is 11.5. The number of ether oxygens (including phenoxy) is 1. The summed E-state index contributed by atoms with van der Waals surface area (Å²) in [5.74, 6) is 0.217. The molecule has 0 bridgehead atoms. The molecule has 2 aliphatic heterocycles. The Balaban J connectivity index is 2.04. The molecule has 0 aliphatic carbocycles. The summed E-state index contributed by atoms with van der Waals surface area (Å²) in [5.41, 5.74) is 0.883. The van der Waals surface area contributed by atoms with Gasteiger partial charge in [0.05, 0.1) is 37.4 Å². The minimum absolute atomic E-state index is 0.217. The number of sulfone groups is 1. The summed E-state index contributed by atoms with van der Waals surface area (Å²) in [6.07, 6.45) is 0.582. The van der Waals surface area contributed by atoms with Crippen LogP contribution in [0.4, 0.5) is 0 Å². The fourth-order valence-corrected chi connectivity index (χ4v) is 5.07. The standard InChI is InChI=1S/C11H14N2O3S2/c14-18(15)8-2-9-10(1-7-17-11(9)18)12-13-3-5-16-6-4-13/h1,7H,2-6,8H2/b12-10+. The normalized spacial score (nSPS) is 23.1. The van der Waals surface area contributed by atoms with Crippen LogP contribution in [0.15, 0.2) is 20.8 Å². The van der Waals surface area contributed by atoms with Crippen LogP contribution in [0.3, 0.4) is 0 Å². The summed E-state index contributed by atoms with van der Waals surface area (Å²) >= 11 is 1.29. The molecule has 0 unspecified atom stereocenters. The lowest BCUT2D eigenvalue weighted by Crippen LogP contribution is -2.34. The minimum Gasteiger partial charge on any atom is -0.378 e. The van der Waals surface area contributed by atoms with Crippen LogP contribution in [-0.4, -0.2) is 45.5 Å². The first-order chi connectivity index (χ1) is 8.67. The quantitative estimate of drug-likeness (QED) is 0.741. The van der Waals surface area contributed by atoms with Crippen LogP contribution in [0.5, 0.6) is 0 Å². The fraction of sp³-hybridized carbons (Fsp3) is 0.545. The first-order valence-corrected chi connectivity index (χ1v) is 8.41. The highest BCUT2D eigenvalue weighted by Gasteiger charge is 2.28. The van der Waals surface area contributed by atoms with E-state index in [9.17, 15) is 8.42 Å². The van der Waals surface area contributed by atoms with E-state index in [4.69, 9.17) is 4.74 Å². The predicted molar refractivity (Wildman–Crippen MR) is 68.0 cm³/mol. The Bertz CT molecular complexity index is 615. The molecule has 0 saturated carbocycles. The van der Waals surface area contributed by atoms with E-state index in [1.54, 1.807) is 5.38 Å². The second-order valence-electron chi connectivity index (χ2n) is 4.31. The number of nitrogens with zero attached hydrogens (tertiary/aromatic N) is 2. The first-order valence-electron chi connectivity index (χ1n) is 5.87. The average molecular weight is 286 g/mol. The molecule has 1 aromatic heterocycles. The van der Waals surface area contributed by atoms with Crippen LogP contribution in [0.25, 0.3) is 0 Å². The van der Waals surface area contributed by atoms with Crippen molar-refractivity contribution in [1.29, 1.82) is 0 Å². The van der Waals surface area contributed by atoms with Gasteiger partial charge < -0.3 is 4.74 Å². The molecule has 0 aromatic carbocycles. The zero-order chi connectivity index (χ0) is 12.6. The van der Waals surface area contributed by atoms with Crippen LogP contribution in [0, 0.1) is 0 Å². The highest BCUT2D eigenvalue weighted by Crippen LogP contribution is 2.26. The third-order valence-corrected chi connectivity index (χ3v) is 6.43. The topological polar surface area (TPSA) is 59.0 Å². The van der Waals surface area contributed by atoms with Gasteiger partial charge in [0.15, 0.2) is 9.84 Å². The molecular weight excluding hydrogens is 272 g/mol. The van der Waals surface area contributed by atoms with E-state index in [2.05, 4.69) is 5.10 Å². The number of hydrogen-bond donors (Lipinski definition) is 0. The number of hydrogen-bond acceptors (Lipinski definition) is 6. The van der Waals surface area contributed by atoms with Gasteiger partial charge in [-0.05, 0) is 17.9 Å². The highest BCUT2D eigenvalue weighted by molar-refractivity contribution is 7.93. The maximum absolute atomic E-state index is 11.8. The Morgan fingerprint density at radius 2 is 2.11 bits per heavy atom. The van der Waals surface area contributed by atoms with Crippen LogP contribution in [-0.2, 0) is 21.0 Å². The van der Waals surface area contributed by atoms with Crippen molar-refractivity contribution in [1.82, 2.24) is 5.01 Å². The van der Waals surface area contributed by atoms with Crippen molar-refractivity contribution >= 4 is 21.2 Å². The van der Waals surface area contributed by atoms with E-state index in [1.165, 1.54) is 11.3 Å². The van der Waals surface area contributed by atoms with E-state index in [0.717, 1.165) is 24.0 Å². The number of morpholine rings is 1. The van der Waals surface area contributed by atoms with Crippen molar-refractivity contribution < 1.29 is 13.2 Å². The summed E-state index contributed by atoms with van der Waals surface area (Å²) in [7, 11) is -3.05. The van der Waals surface area contributed by atoms with Gasteiger partial charge in [0.2, 0.25) is 0 Å². The van der Waals surface area contributed by atoms with Crippen molar-refractivity contribution in [3.05, 3.63) is 22.4 Å². The Morgan fingerprint density at radius 3 is 2.89 bits per heavy atom. The molecule has 0 atom stereocenters. The predicted octanol–water partition coefficient (Wildman–Crippen LogP) is 0.226. The van der Waals surface area contributed by atoms with Gasteiger partial charge in [-0.2, -0.15) is 5.10 Å². The maximum atomic E-state index is 11.8.